The van der Waals surface area contributed by atoms with Crippen molar-refractivity contribution in [1.82, 2.24) is 0 Å². The van der Waals surface area contributed by atoms with E-state index in [0.717, 1.165) is 11.1 Å². The van der Waals surface area contributed by atoms with E-state index in [2.05, 4.69) is 6.58 Å². The van der Waals surface area contributed by atoms with Crippen LogP contribution in [-0.4, -0.2) is 11.7 Å². The molecule has 0 radical (unpaired) electrons. The maximum absolute atomic E-state index is 8.70. The SMILES string of the molecule is C=C/C(=C/CO)c1ccccc1. The first-order valence-corrected chi connectivity index (χ1v) is 3.87. The van der Waals surface area contributed by atoms with Gasteiger partial charge in [-0.3, -0.25) is 0 Å². The Hall–Kier alpha value is -1.34. The Morgan fingerprint density at radius 3 is 2.50 bits per heavy atom. The number of rotatable bonds is 3. The van der Waals surface area contributed by atoms with Crippen molar-refractivity contribution in [3.63, 3.8) is 0 Å². The zero-order valence-electron chi connectivity index (χ0n) is 6.90. The quantitative estimate of drug-likeness (QED) is 0.672. The molecule has 1 nitrogen and oxygen atoms in total. The van der Waals surface area contributed by atoms with Gasteiger partial charge in [0.05, 0.1) is 6.61 Å². The van der Waals surface area contributed by atoms with Crippen molar-refractivity contribution in [3.8, 4) is 0 Å². The minimum absolute atomic E-state index is 0.0518. The molecule has 0 aromatic heterocycles. The van der Waals surface area contributed by atoms with Gasteiger partial charge in [0.1, 0.15) is 0 Å². The minimum atomic E-state index is 0.0518. The number of hydrogen-bond donors (Lipinski definition) is 1. The van der Waals surface area contributed by atoms with Crippen LogP contribution in [0.5, 0.6) is 0 Å². The van der Waals surface area contributed by atoms with E-state index in [-0.39, 0.29) is 6.61 Å². The number of hydrogen-bond acceptors (Lipinski definition) is 1. The predicted octanol–water partition coefficient (Wildman–Crippen LogP) is 2.25. The van der Waals surface area contributed by atoms with E-state index >= 15 is 0 Å². The van der Waals surface area contributed by atoms with Gasteiger partial charge in [-0.1, -0.05) is 49.1 Å². The summed E-state index contributed by atoms with van der Waals surface area (Å²) in [4.78, 5) is 0. The van der Waals surface area contributed by atoms with Crippen LogP contribution in [0.3, 0.4) is 0 Å². The van der Waals surface area contributed by atoms with Gasteiger partial charge in [0.25, 0.3) is 0 Å². The van der Waals surface area contributed by atoms with E-state index in [1.165, 1.54) is 0 Å². The summed E-state index contributed by atoms with van der Waals surface area (Å²) in [6, 6.07) is 9.86. The molecule has 0 amide bonds. The van der Waals surface area contributed by atoms with Gasteiger partial charge < -0.3 is 5.11 Å². The molecule has 1 N–H and O–H groups in total. The lowest BCUT2D eigenvalue weighted by molar-refractivity contribution is 0.343. The van der Waals surface area contributed by atoms with Crippen molar-refractivity contribution in [2.75, 3.05) is 6.61 Å². The lowest BCUT2D eigenvalue weighted by Crippen LogP contribution is -1.82. The fourth-order valence-corrected chi connectivity index (χ4v) is 1.05. The van der Waals surface area contributed by atoms with Gasteiger partial charge in [-0.25, -0.2) is 0 Å². The van der Waals surface area contributed by atoms with Crippen LogP contribution in [0, 0.1) is 0 Å². The van der Waals surface area contributed by atoms with Crippen molar-refractivity contribution < 1.29 is 5.11 Å². The normalized spacial score (nSPS) is 11.2. The Labute approximate surface area is 72.7 Å². The van der Waals surface area contributed by atoms with Gasteiger partial charge in [0.15, 0.2) is 0 Å². The molecule has 12 heavy (non-hydrogen) atoms. The fourth-order valence-electron chi connectivity index (χ4n) is 1.05. The number of aliphatic hydroxyl groups excluding tert-OH is 1. The van der Waals surface area contributed by atoms with Gasteiger partial charge >= 0.3 is 0 Å². The van der Waals surface area contributed by atoms with Crippen LogP contribution >= 0.6 is 0 Å². The first-order chi connectivity index (χ1) is 5.88. The van der Waals surface area contributed by atoms with E-state index in [1.54, 1.807) is 12.2 Å². The summed E-state index contributed by atoms with van der Waals surface area (Å²) in [6.07, 6.45) is 3.48. The van der Waals surface area contributed by atoms with Crippen LogP contribution in [0.15, 0.2) is 49.1 Å². The van der Waals surface area contributed by atoms with Gasteiger partial charge in [-0.2, -0.15) is 0 Å². The van der Waals surface area contributed by atoms with Crippen LogP contribution in [-0.2, 0) is 0 Å². The van der Waals surface area contributed by atoms with Crippen LogP contribution in [0.25, 0.3) is 5.57 Å². The summed E-state index contributed by atoms with van der Waals surface area (Å²) in [6.45, 7) is 3.73. The average Bonchev–Trinajstić information content (AvgIpc) is 2.15. The van der Waals surface area contributed by atoms with Gasteiger partial charge in [-0.15, -0.1) is 0 Å². The second-order valence-corrected chi connectivity index (χ2v) is 2.41. The number of benzene rings is 1. The highest BCUT2D eigenvalue weighted by Gasteiger charge is 1.93. The zero-order chi connectivity index (χ0) is 8.81. The average molecular weight is 160 g/mol. The van der Waals surface area contributed by atoms with Crippen molar-refractivity contribution in [1.29, 1.82) is 0 Å². The van der Waals surface area contributed by atoms with Crippen LogP contribution < -0.4 is 0 Å². The van der Waals surface area contributed by atoms with Crippen molar-refractivity contribution in [3.05, 3.63) is 54.6 Å². The van der Waals surface area contributed by atoms with E-state index < -0.39 is 0 Å². The third-order valence-electron chi connectivity index (χ3n) is 1.64. The van der Waals surface area contributed by atoms with E-state index in [9.17, 15) is 0 Å². The van der Waals surface area contributed by atoms with Gasteiger partial charge in [0, 0.05) is 0 Å². The summed E-state index contributed by atoms with van der Waals surface area (Å²) in [5.74, 6) is 0. The van der Waals surface area contributed by atoms with Crippen molar-refractivity contribution >= 4 is 5.57 Å². The summed E-state index contributed by atoms with van der Waals surface area (Å²) in [5, 5.41) is 8.70. The monoisotopic (exact) mass is 160 g/mol. The summed E-state index contributed by atoms with van der Waals surface area (Å²) < 4.78 is 0. The van der Waals surface area contributed by atoms with E-state index in [1.807, 2.05) is 30.3 Å². The predicted molar refractivity (Wildman–Crippen MR) is 51.7 cm³/mol. The number of aliphatic hydroxyl groups is 1. The molecular formula is C11H12O. The van der Waals surface area contributed by atoms with E-state index in [4.69, 9.17) is 5.11 Å². The molecule has 0 bridgehead atoms. The highest BCUT2D eigenvalue weighted by Crippen LogP contribution is 2.13. The van der Waals surface area contributed by atoms with Gasteiger partial charge in [-0.05, 0) is 11.1 Å². The maximum Gasteiger partial charge on any atom is 0.0621 e. The molecule has 0 aliphatic heterocycles. The topological polar surface area (TPSA) is 20.2 Å². The van der Waals surface area contributed by atoms with Crippen molar-refractivity contribution in [2.24, 2.45) is 0 Å². The number of allylic oxidation sites excluding steroid dienone is 2. The smallest absolute Gasteiger partial charge is 0.0621 e. The highest BCUT2D eigenvalue weighted by atomic mass is 16.2. The molecule has 0 fully saturated rings. The molecular weight excluding hydrogens is 148 g/mol. The molecule has 1 heteroatoms. The summed E-state index contributed by atoms with van der Waals surface area (Å²) in [7, 11) is 0. The van der Waals surface area contributed by atoms with E-state index in [0.29, 0.717) is 0 Å². The third-order valence-corrected chi connectivity index (χ3v) is 1.64. The molecule has 62 valence electrons. The largest absolute Gasteiger partial charge is 0.392 e. The second-order valence-electron chi connectivity index (χ2n) is 2.41. The lowest BCUT2D eigenvalue weighted by Gasteiger charge is -1.99. The Morgan fingerprint density at radius 1 is 1.33 bits per heavy atom. The Morgan fingerprint density at radius 2 is 2.00 bits per heavy atom. The molecule has 0 heterocycles. The lowest BCUT2D eigenvalue weighted by atomic mass is 10.1. The molecule has 1 aromatic carbocycles. The first kappa shape index (κ1) is 8.75. The first-order valence-electron chi connectivity index (χ1n) is 3.87. The second kappa shape index (κ2) is 4.52. The summed E-state index contributed by atoms with van der Waals surface area (Å²) in [5.41, 5.74) is 2.06. The standard InChI is InChI=1S/C11H12O/c1-2-10(8-9-12)11-6-4-3-5-7-11/h2-8,12H,1,9H2/b10-8-. The fraction of sp³-hybridized carbons (Fsp3) is 0.0909. The maximum atomic E-state index is 8.70. The molecule has 0 aliphatic rings. The highest BCUT2D eigenvalue weighted by molar-refractivity contribution is 5.73. The molecule has 1 aromatic rings. The zero-order valence-corrected chi connectivity index (χ0v) is 6.90. The molecule has 1 rings (SSSR count). The molecule has 0 saturated carbocycles. The summed E-state index contributed by atoms with van der Waals surface area (Å²) >= 11 is 0. The molecule has 0 atom stereocenters. The molecule has 0 spiro atoms. The Bertz CT molecular complexity index is 272. The Balaban J connectivity index is 2.96. The molecule has 0 saturated heterocycles. The van der Waals surface area contributed by atoms with Gasteiger partial charge in [0.2, 0.25) is 0 Å². The Kier molecular flexibility index (Phi) is 3.30. The minimum Gasteiger partial charge on any atom is -0.392 e. The van der Waals surface area contributed by atoms with Crippen LogP contribution in [0.1, 0.15) is 5.56 Å². The van der Waals surface area contributed by atoms with Crippen LogP contribution in [0.4, 0.5) is 0 Å². The molecule has 0 unspecified atom stereocenters. The molecule has 0 aliphatic carbocycles. The van der Waals surface area contributed by atoms with Crippen LogP contribution in [0.2, 0.25) is 0 Å². The third kappa shape index (κ3) is 2.07. The van der Waals surface area contributed by atoms with Crippen molar-refractivity contribution in [2.45, 2.75) is 0 Å².